The third kappa shape index (κ3) is 11.0. The first-order valence-corrected chi connectivity index (χ1v) is 12.6. The summed E-state index contributed by atoms with van der Waals surface area (Å²) in [7, 11) is 0. The fourth-order valence-corrected chi connectivity index (χ4v) is 3.17. The number of carbonyl (C=O) groups is 5. The zero-order valence-corrected chi connectivity index (χ0v) is 22.9. The number of hydrogen-bond acceptors (Lipinski definition) is 9. The Balaban J connectivity index is 2.03. The minimum Gasteiger partial charge on any atom is -0.465 e. The van der Waals surface area contributed by atoms with Crippen LogP contribution in [0.25, 0.3) is 0 Å². The van der Waals surface area contributed by atoms with Crippen molar-refractivity contribution in [3.05, 3.63) is 65.3 Å². The van der Waals surface area contributed by atoms with Gasteiger partial charge in [0, 0.05) is 19.3 Å². The van der Waals surface area contributed by atoms with Gasteiger partial charge in [-0.2, -0.15) is 0 Å². The van der Waals surface area contributed by atoms with Crippen LogP contribution in [0.5, 0.6) is 0 Å². The van der Waals surface area contributed by atoms with Gasteiger partial charge in [0.05, 0.1) is 18.1 Å². The van der Waals surface area contributed by atoms with Crippen LogP contribution in [0.2, 0.25) is 0 Å². The molecule has 0 radical (unpaired) electrons. The predicted molar refractivity (Wildman–Crippen MR) is 142 cm³/mol. The number of aromatic nitrogens is 1. The Labute approximate surface area is 231 Å². The molecule has 1 unspecified atom stereocenters. The Morgan fingerprint density at radius 2 is 1.60 bits per heavy atom. The third-order valence-electron chi connectivity index (χ3n) is 5.07. The van der Waals surface area contributed by atoms with Crippen LogP contribution in [0.1, 0.15) is 43.6 Å². The van der Waals surface area contributed by atoms with Gasteiger partial charge >= 0.3 is 24.1 Å². The van der Waals surface area contributed by atoms with Crippen LogP contribution in [-0.4, -0.2) is 66.4 Å². The second-order valence-electron chi connectivity index (χ2n) is 9.52. The summed E-state index contributed by atoms with van der Waals surface area (Å²) in [4.78, 5) is 61.7. The number of nitrogens with one attached hydrogen (secondary N) is 4. The maximum Gasteiger partial charge on any atom is 0.407 e. The van der Waals surface area contributed by atoms with Crippen molar-refractivity contribution in [2.45, 2.75) is 39.9 Å². The zero-order chi connectivity index (χ0) is 29.7. The van der Waals surface area contributed by atoms with E-state index >= 15 is 0 Å². The van der Waals surface area contributed by atoms with E-state index in [0.717, 1.165) is 16.3 Å². The number of esters is 2. The van der Waals surface area contributed by atoms with Crippen molar-refractivity contribution >= 4 is 30.0 Å². The molecule has 0 aliphatic heterocycles. The monoisotopic (exact) mass is 557 g/mol. The first kappa shape index (κ1) is 31.5. The standard InChI is InChI=1S/C27H35N5O8/c1-5-38-22(33)15-30-25(36)32-16-19(11-12-21(32)28)23(34)29-13-20(24(35)40-27(2,3)4)14-31-26(37)39-17-18-9-7-6-8-10-18/h6-12,16,20,28H,5,13-15,17H2,1-4H3,(H,29,34)(H,30,36)(H,31,37). The topological polar surface area (TPSA) is 178 Å². The van der Waals surface area contributed by atoms with Gasteiger partial charge in [-0.3, -0.25) is 24.4 Å². The molecule has 2 aromatic rings. The molecule has 0 spiro atoms. The molecule has 0 aliphatic rings. The van der Waals surface area contributed by atoms with E-state index in [1.807, 2.05) is 18.2 Å². The Hall–Kier alpha value is -4.68. The van der Waals surface area contributed by atoms with Crippen LogP contribution in [0, 0.1) is 11.3 Å². The van der Waals surface area contributed by atoms with E-state index in [4.69, 9.17) is 19.6 Å². The average molecular weight is 558 g/mol. The maximum atomic E-state index is 12.8. The Morgan fingerprint density at radius 1 is 0.925 bits per heavy atom. The molecular formula is C27H35N5O8. The first-order valence-electron chi connectivity index (χ1n) is 12.6. The van der Waals surface area contributed by atoms with Crippen molar-refractivity contribution in [3.8, 4) is 0 Å². The van der Waals surface area contributed by atoms with Crippen LogP contribution >= 0.6 is 0 Å². The molecule has 0 saturated carbocycles. The first-order chi connectivity index (χ1) is 18.9. The molecule has 2 rings (SSSR count). The summed E-state index contributed by atoms with van der Waals surface area (Å²) < 4.78 is 16.2. The molecule has 1 atom stereocenters. The summed E-state index contributed by atoms with van der Waals surface area (Å²) in [6.45, 7) is 6.10. The number of ether oxygens (including phenoxy) is 3. The number of benzene rings is 1. The smallest absolute Gasteiger partial charge is 0.407 e. The summed E-state index contributed by atoms with van der Waals surface area (Å²) >= 11 is 0. The van der Waals surface area contributed by atoms with Crippen molar-refractivity contribution < 1.29 is 38.2 Å². The van der Waals surface area contributed by atoms with Crippen molar-refractivity contribution in [1.29, 1.82) is 5.41 Å². The van der Waals surface area contributed by atoms with Gasteiger partial charge in [0.15, 0.2) is 0 Å². The summed E-state index contributed by atoms with van der Waals surface area (Å²) in [5, 5.41) is 15.4. The highest BCUT2D eigenvalue weighted by Crippen LogP contribution is 2.11. The zero-order valence-electron chi connectivity index (χ0n) is 22.9. The third-order valence-corrected chi connectivity index (χ3v) is 5.07. The summed E-state index contributed by atoms with van der Waals surface area (Å²) in [6, 6.07) is 10.8. The van der Waals surface area contributed by atoms with E-state index in [2.05, 4.69) is 16.0 Å². The molecule has 1 heterocycles. The van der Waals surface area contributed by atoms with Crippen molar-refractivity contribution in [2.24, 2.45) is 5.92 Å². The fraction of sp³-hybridized carbons (Fsp3) is 0.407. The van der Waals surface area contributed by atoms with Crippen LogP contribution < -0.4 is 21.4 Å². The number of alkyl carbamates (subject to hydrolysis) is 1. The molecule has 0 bridgehead atoms. The van der Waals surface area contributed by atoms with Crippen LogP contribution in [0.15, 0.2) is 48.7 Å². The van der Waals surface area contributed by atoms with Crippen LogP contribution in [0.3, 0.4) is 0 Å². The second-order valence-corrected chi connectivity index (χ2v) is 9.52. The maximum absolute atomic E-state index is 12.8. The highest BCUT2D eigenvalue weighted by atomic mass is 16.6. The van der Waals surface area contributed by atoms with Crippen molar-refractivity contribution in [2.75, 3.05) is 26.2 Å². The quantitative estimate of drug-likeness (QED) is 0.238. The summed E-state index contributed by atoms with van der Waals surface area (Å²) in [6.07, 6.45) is 0.379. The summed E-state index contributed by atoms with van der Waals surface area (Å²) in [5.41, 5.74) is -0.234. The minimum absolute atomic E-state index is 0.0143. The lowest BCUT2D eigenvalue weighted by Crippen LogP contribution is -2.43. The molecule has 13 nitrogen and oxygen atoms in total. The second kappa shape index (κ2) is 15.0. The van der Waals surface area contributed by atoms with E-state index in [-0.39, 0.29) is 37.4 Å². The highest BCUT2D eigenvalue weighted by Gasteiger charge is 2.27. The molecule has 4 N–H and O–H groups in total. The van der Waals surface area contributed by atoms with Gasteiger partial charge in [-0.1, -0.05) is 30.3 Å². The molecule has 1 aromatic carbocycles. The molecule has 1 aromatic heterocycles. The van der Waals surface area contributed by atoms with Crippen LogP contribution in [-0.2, 0) is 30.4 Å². The molecule has 0 aliphatic carbocycles. The number of amides is 3. The van der Waals surface area contributed by atoms with E-state index in [9.17, 15) is 24.0 Å². The summed E-state index contributed by atoms with van der Waals surface area (Å²) in [5.74, 6) is -2.90. The van der Waals surface area contributed by atoms with E-state index < -0.39 is 48.0 Å². The molecule has 0 fully saturated rings. The normalized spacial score (nSPS) is 11.5. The lowest BCUT2D eigenvalue weighted by molar-refractivity contribution is -0.159. The molecule has 40 heavy (non-hydrogen) atoms. The molecule has 0 saturated heterocycles. The van der Waals surface area contributed by atoms with Gasteiger partial charge in [0.2, 0.25) is 0 Å². The highest BCUT2D eigenvalue weighted by molar-refractivity contribution is 5.95. The number of hydrogen-bond donors (Lipinski definition) is 4. The molecule has 13 heteroatoms. The van der Waals surface area contributed by atoms with Gasteiger partial charge in [-0.25, -0.2) is 9.59 Å². The lowest BCUT2D eigenvalue weighted by Gasteiger charge is -2.24. The molecule has 216 valence electrons. The number of rotatable bonds is 11. The number of pyridine rings is 1. The van der Waals surface area contributed by atoms with Gasteiger partial charge in [-0.15, -0.1) is 0 Å². The number of carbonyl (C=O) groups excluding carboxylic acids is 5. The van der Waals surface area contributed by atoms with E-state index in [1.165, 1.54) is 12.1 Å². The van der Waals surface area contributed by atoms with Gasteiger partial charge in [0.25, 0.3) is 5.91 Å². The van der Waals surface area contributed by atoms with E-state index in [1.54, 1.807) is 39.8 Å². The van der Waals surface area contributed by atoms with Gasteiger partial charge in [-0.05, 0) is 45.4 Å². The largest absolute Gasteiger partial charge is 0.465 e. The predicted octanol–water partition coefficient (Wildman–Crippen LogP) is 1.70. The van der Waals surface area contributed by atoms with E-state index in [0.29, 0.717) is 0 Å². The Kier molecular flexibility index (Phi) is 11.9. The Bertz CT molecular complexity index is 1250. The Morgan fingerprint density at radius 3 is 2.25 bits per heavy atom. The number of nitrogens with zero attached hydrogens (tertiary/aromatic N) is 1. The average Bonchev–Trinajstić information content (AvgIpc) is 2.90. The minimum atomic E-state index is -0.956. The SMILES string of the molecule is CCOC(=O)CNC(=O)n1cc(C(=O)NCC(CNC(=O)OCc2ccccc2)C(=O)OC(C)(C)C)ccc1=N. The molecular weight excluding hydrogens is 522 g/mol. The fourth-order valence-electron chi connectivity index (χ4n) is 3.17. The van der Waals surface area contributed by atoms with Crippen molar-refractivity contribution in [1.82, 2.24) is 20.5 Å². The molecule has 3 amide bonds. The van der Waals surface area contributed by atoms with Crippen molar-refractivity contribution in [3.63, 3.8) is 0 Å². The van der Waals surface area contributed by atoms with Gasteiger partial charge < -0.3 is 30.2 Å². The van der Waals surface area contributed by atoms with Gasteiger partial charge in [0.1, 0.15) is 24.2 Å². The lowest BCUT2D eigenvalue weighted by atomic mass is 10.1. The van der Waals surface area contributed by atoms with Crippen LogP contribution in [0.4, 0.5) is 9.59 Å².